The highest BCUT2D eigenvalue weighted by molar-refractivity contribution is 9.10. The number of benzene rings is 2. The lowest BCUT2D eigenvalue weighted by Crippen LogP contribution is -2.29. The largest absolute Gasteiger partial charge is 0.394 e. The fraction of sp³-hybridized carbons (Fsp3) is 0.118. The van der Waals surface area contributed by atoms with Gasteiger partial charge in [-0.15, -0.1) is 0 Å². The fourth-order valence-electron chi connectivity index (χ4n) is 1.92. The van der Waals surface area contributed by atoms with Crippen molar-refractivity contribution in [3.63, 3.8) is 0 Å². The molecule has 0 saturated heterocycles. The first kappa shape index (κ1) is 15.5. The van der Waals surface area contributed by atoms with E-state index in [1.165, 1.54) is 6.08 Å². The van der Waals surface area contributed by atoms with Gasteiger partial charge in [0.15, 0.2) is 0 Å². The zero-order chi connectivity index (χ0) is 15.1. The van der Waals surface area contributed by atoms with Crippen molar-refractivity contribution < 1.29 is 9.90 Å². The van der Waals surface area contributed by atoms with Crippen LogP contribution in [-0.2, 0) is 4.79 Å². The zero-order valence-corrected chi connectivity index (χ0v) is 13.0. The predicted molar refractivity (Wildman–Crippen MR) is 87.6 cm³/mol. The van der Waals surface area contributed by atoms with E-state index in [9.17, 15) is 9.90 Å². The predicted octanol–water partition coefficient (Wildman–Crippen LogP) is 3.31. The molecule has 0 spiro atoms. The number of hydrogen-bond donors (Lipinski definition) is 2. The summed E-state index contributed by atoms with van der Waals surface area (Å²) in [7, 11) is 0. The van der Waals surface area contributed by atoms with Crippen molar-refractivity contribution >= 4 is 27.9 Å². The van der Waals surface area contributed by atoms with E-state index in [-0.39, 0.29) is 12.5 Å². The number of aliphatic hydroxyl groups is 1. The van der Waals surface area contributed by atoms with E-state index >= 15 is 0 Å². The van der Waals surface area contributed by atoms with Gasteiger partial charge in [-0.2, -0.15) is 0 Å². The molecule has 0 aliphatic rings. The van der Waals surface area contributed by atoms with Crippen LogP contribution in [0.3, 0.4) is 0 Å². The Labute approximate surface area is 132 Å². The Morgan fingerprint density at radius 2 is 1.95 bits per heavy atom. The Kier molecular flexibility index (Phi) is 5.72. The summed E-state index contributed by atoms with van der Waals surface area (Å²) in [4.78, 5) is 11.9. The summed E-state index contributed by atoms with van der Waals surface area (Å²) in [6, 6.07) is 16.7. The van der Waals surface area contributed by atoms with Crippen LogP contribution in [0.25, 0.3) is 6.08 Å². The number of halogens is 1. The van der Waals surface area contributed by atoms with E-state index in [2.05, 4.69) is 21.2 Å². The van der Waals surface area contributed by atoms with E-state index < -0.39 is 6.04 Å². The third-order valence-corrected chi connectivity index (χ3v) is 3.47. The van der Waals surface area contributed by atoms with Gasteiger partial charge in [0, 0.05) is 10.5 Å². The number of carbonyl (C=O) groups excluding carboxylic acids is 1. The van der Waals surface area contributed by atoms with Gasteiger partial charge in [0.05, 0.1) is 12.6 Å². The van der Waals surface area contributed by atoms with Crippen molar-refractivity contribution in [2.45, 2.75) is 6.04 Å². The van der Waals surface area contributed by atoms with Gasteiger partial charge in [-0.1, -0.05) is 58.4 Å². The molecule has 0 fully saturated rings. The zero-order valence-electron chi connectivity index (χ0n) is 11.4. The number of carbonyl (C=O) groups is 1. The Hall–Kier alpha value is -1.91. The molecule has 2 rings (SSSR count). The van der Waals surface area contributed by atoms with Crippen molar-refractivity contribution in [3.8, 4) is 0 Å². The van der Waals surface area contributed by atoms with Crippen LogP contribution in [0.5, 0.6) is 0 Å². The third kappa shape index (κ3) is 4.85. The Morgan fingerprint density at radius 3 is 2.62 bits per heavy atom. The number of hydrogen-bond acceptors (Lipinski definition) is 2. The molecule has 1 amide bonds. The van der Waals surface area contributed by atoms with Crippen LogP contribution in [0, 0.1) is 0 Å². The lowest BCUT2D eigenvalue weighted by atomic mass is 10.1. The molecule has 0 aromatic heterocycles. The van der Waals surface area contributed by atoms with Crippen LogP contribution < -0.4 is 5.32 Å². The van der Waals surface area contributed by atoms with Gasteiger partial charge >= 0.3 is 0 Å². The van der Waals surface area contributed by atoms with Crippen molar-refractivity contribution in [2.75, 3.05) is 6.61 Å². The van der Waals surface area contributed by atoms with Gasteiger partial charge in [0.25, 0.3) is 0 Å². The van der Waals surface area contributed by atoms with E-state index in [1.54, 1.807) is 6.08 Å². The van der Waals surface area contributed by atoms with Crippen LogP contribution in [0.1, 0.15) is 17.2 Å². The van der Waals surface area contributed by atoms with Crippen molar-refractivity contribution in [1.82, 2.24) is 5.32 Å². The highest BCUT2D eigenvalue weighted by Gasteiger charge is 2.11. The summed E-state index contributed by atoms with van der Waals surface area (Å²) in [6.07, 6.45) is 3.20. The molecule has 0 aliphatic carbocycles. The highest BCUT2D eigenvalue weighted by Crippen LogP contribution is 2.13. The van der Waals surface area contributed by atoms with Gasteiger partial charge in [0.1, 0.15) is 0 Å². The smallest absolute Gasteiger partial charge is 0.244 e. The molecule has 4 heteroatoms. The Bertz CT molecular complexity index is 626. The standard InChI is InChI=1S/C17H16BrNO2/c18-15-8-4-5-13(11-15)9-10-17(21)19-16(12-20)14-6-2-1-3-7-14/h1-11,16,20H,12H2,(H,19,21)/b10-9+/t16-/m0/s1. The molecular weight excluding hydrogens is 330 g/mol. The molecule has 2 N–H and O–H groups in total. The first-order chi connectivity index (χ1) is 10.2. The molecular formula is C17H16BrNO2. The van der Waals surface area contributed by atoms with Crippen molar-refractivity contribution in [3.05, 3.63) is 76.3 Å². The molecule has 108 valence electrons. The van der Waals surface area contributed by atoms with E-state index in [4.69, 9.17) is 0 Å². The van der Waals surface area contributed by atoms with Crippen molar-refractivity contribution in [2.24, 2.45) is 0 Å². The molecule has 0 saturated carbocycles. The molecule has 0 radical (unpaired) electrons. The summed E-state index contributed by atoms with van der Waals surface area (Å²) >= 11 is 3.38. The maximum absolute atomic E-state index is 11.9. The number of rotatable bonds is 5. The average Bonchev–Trinajstić information content (AvgIpc) is 2.51. The minimum absolute atomic E-state index is 0.138. The van der Waals surface area contributed by atoms with Crippen LogP contribution in [0.2, 0.25) is 0 Å². The van der Waals surface area contributed by atoms with Crippen LogP contribution in [0.4, 0.5) is 0 Å². The molecule has 0 aliphatic heterocycles. The Balaban J connectivity index is 2.00. The lowest BCUT2D eigenvalue weighted by molar-refractivity contribution is -0.117. The summed E-state index contributed by atoms with van der Waals surface area (Å²) in [6.45, 7) is -0.138. The van der Waals surface area contributed by atoms with E-state index in [0.29, 0.717) is 0 Å². The molecule has 0 unspecified atom stereocenters. The van der Waals surface area contributed by atoms with Crippen LogP contribution >= 0.6 is 15.9 Å². The van der Waals surface area contributed by atoms with Crippen LogP contribution in [-0.4, -0.2) is 17.6 Å². The van der Waals surface area contributed by atoms with Gasteiger partial charge in [0.2, 0.25) is 5.91 Å². The van der Waals surface area contributed by atoms with Gasteiger partial charge < -0.3 is 10.4 Å². The monoisotopic (exact) mass is 345 g/mol. The molecule has 3 nitrogen and oxygen atoms in total. The second-order valence-electron chi connectivity index (χ2n) is 4.54. The molecule has 1 atom stereocenters. The quantitative estimate of drug-likeness (QED) is 0.816. The lowest BCUT2D eigenvalue weighted by Gasteiger charge is -2.15. The minimum atomic E-state index is -0.397. The SMILES string of the molecule is O=C(/C=C/c1cccc(Br)c1)N[C@@H](CO)c1ccccc1. The van der Waals surface area contributed by atoms with Gasteiger partial charge in [-0.05, 0) is 29.3 Å². The number of aliphatic hydroxyl groups excluding tert-OH is 1. The number of amides is 1. The highest BCUT2D eigenvalue weighted by atomic mass is 79.9. The molecule has 0 bridgehead atoms. The molecule has 0 heterocycles. The van der Waals surface area contributed by atoms with Crippen LogP contribution in [0.15, 0.2) is 65.1 Å². The summed E-state index contributed by atoms with van der Waals surface area (Å²) < 4.78 is 0.961. The molecule has 2 aromatic carbocycles. The van der Waals surface area contributed by atoms with E-state index in [0.717, 1.165) is 15.6 Å². The first-order valence-electron chi connectivity index (χ1n) is 6.59. The maximum atomic E-state index is 11.9. The summed E-state index contributed by atoms with van der Waals surface area (Å²) in [5, 5.41) is 12.2. The first-order valence-corrected chi connectivity index (χ1v) is 7.38. The van der Waals surface area contributed by atoms with Gasteiger partial charge in [-0.25, -0.2) is 0 Å². The fourth-order valence-corrected chi connectivity index (χ4v) is 2.34. The third-order valence-electron chi connectivity index (χ3n) is 2.98. The van der Waals surface area contributed by atoms with Gasteiger partial charge in [-0.3, -0.25) is 4.79 Å². The van der Waals surface area contributed by atoms with E-state index in [1.807, 2.05) is 54.6 Å². The maximum Gasteiger partial charge on any atom is 0.244 e. The topological polar surface area (TPSA) is 49.3 Å². The molecule has 2 aromatic rings. The normalized spacial score (nSPS) is 12.3. The Morgan fingerprint density at radius 1 is 1.19 bits per heavy atom. The average molecular weight is 346 g/mol. The second-order valence-corrected chi connectivity index (χ2v) is 5.46. The second kappa shape index (κ2) is 7.76. The number of nitrogens with one attached hydrogen (secondary N) is 1. The summed E-state index contributed by atoms with van der Waals surface area (Å²) in [5.74, 6) is -0.238. The van der Waals surface area contributed by atoms with Crippen molar-refractivity contribution in [1.29, 1.82) is 0 Å². The summed E-state index contributed by atoms with van der Waals surface area (Å²) in [5.41, 5.74) is 1.81. The molecule has 21 heavy (non-hydrogen) atoms. The minimum Gasteiger partial charge on any atom is -0.394 e.